The first kappa shape index (κ1) is 78.2. The van der Waals surface area contributed by atoms with Gasteiger partial charge in [0.15, 0.2) is 17.9 Å². The summed E-state index contributed by atoms with van der Waals surface area (Å²) in [7, 11) is 0. The zero-order chi connectivity index (χ0) is 66.0. The highest BCUT2D eigenvalue weighted by Crippen LogP contribution is 2.15. The van der Waals surface area contributed by atoms with Gasteiger partial charge in [-0.2, -0.15) is 0 Å². The van der Waals surface area contributed by atoms with Crippen molar-refractivity contribution in [1.29, 1.82) is 0 Å². The third-order valence-electron chi connectivity index (χ3n) is 14.0. The summed E-state index contributed by atoms with van der Waals surface area (Å²) >= 11 is 0. The number of hydrogen-bond acceptors (Lipinski definition) is 15. The molecule has 0 aliphatic rings. The lowest BCUT2D eigenvalue weighted by atomic mass is 10.0. The molecular formula is C57H106N20O11. The van der Waals surface area contributed by atoms with E-state index in [1.807, 2.05) is 0 Å². The maximum atomic E-state index is 14.4. The topological polar surface area (TPSA) is 538 Å². The largest absolute Gasteiger partial charge is 0.394 e. The maximum absolute atomic E-state index is 14.4. The van der Waals surface area contributed by atoms with Crippen LogP contribution in [0.3, 0.4) is 0 Å². The first-order valence-electron chi connectivity index (χ1n) is 30.9. The van der Waals surface area contributed by atoms with Gasteiger partial charge in [-0.3, -0.25) is 58.1 Å². The first-order chi connectivity index (χ1) is 41.8. The zero-order valence-electron chi connectivity index (χ0n) is 52.4. The predicted octanol–water partition coefficient (Wildman–Crippen LogP) is -2.21. The fourth-order valence-electron chi connectivity index (χ4n) is 9.32. The van der Waals surface area contributed by atoms with Crippen LogP contribution in [-0.2, 0) is 49.6 Å². The monoisotopic (exact) mass is 1250 g/mol. The average Bonchev–Trinajstić information content (AvgIpc) is 3.56. The minimum Gasteiger partial charge on any atom is -0.394 e. The smallest absolute Gasteiger partial charge is 0.245 e. The summed E-state index contributed by atoms with van der Waals surface area (Å²) < 4.78 is 0. The van der Waals surface area contributed by atoms with E-state index in [-0.39, 0.29) is 114 Å². The van der Waals surface area contributed by atoms with Gasteiger partial charge < -0.3 is 97.9 Å². The predicted molar refractivity (Wildman–Crippen MR) is 335 cm³/mol. The van der Waals surface area contributed by atoms with Crippen molar-refractivity contribution in [3.63, 3.8) is 0 Å². The Kier molecular flexibility index (Phi) is 40.4. The Morgan fingerprint density at radius 3 is 1.33 bits per heavy atom. The fourth-order valence-corrected chi connectivity index (χ4v) is 9.32. The number of rotatable bonds is 49. The molecule has 0 aliphatic carbocycles. The Hall–Kier alpha value is -7.83. The van der Waals surface area contributed by atoms with Crippen molar-refractivity contribution < 1.29 is 53.4 Å². The Morgan fingerprint density at radius 1 is 0.500 bits per heavy atom. The molecule has 88 heavy (non-hydrogen) atoms. The lowest BCUT2D eigenvalue weighted by Gasteiger charge is -2.28. The molecule has 0 saturated carbocycles. The Morgan fingerprint density at radius 2 is 0.898 bits per heavy atom. The van der Waals surface area contributed by atoms with Gasteiger partial charge in [0.25, 0.3) is 0 Å². The van der Waals surface area contributed by atoms with Crippen LogP contribution in [0.5, 0.6) is 0 Å². The molecule has 25 N–H and O–H groups in total. The van der Waals surface area contributed by atoms with Gasteiger partial charge in [0, 0.05) is 56.8 Å². The highest BCUT2D eigenvalue weighted by atomic mass is 16.3. The number of nitrogens with one attached hydrogen (secondary N) is 9. The van der Waals surface area contributed by atoms with E-state index in [0.29, 0.717) is 12.1 Å². The number of aromatic amines is 1. The molecule has 1 rings (SSSR count). The van der Waals surface area contributed by atoms with Gasteiger partial charge >= 0.3 is 0 Å². The normalized spacial score (nSPS) is 14.1. The molecule has 500 valence electrons. The van der Waals surface area contributed by atoms with Crippen molar-refractivity contribution in [1.82, 2.24) is 52.5 Å². The summed E-state index contributed by atoms with van der Waals surface area (Å²) in [6, 6.07) is -10.9. The van der Waals surface area contributed by atoms with Crippen LogP contribution in [0.15, 0.2) is 27.5 Å². The fraction of sp³-hybridized carbons (Fsp3) is 0.737. The average molecular weight is 1250 g/mol. The van der Waals surface area contributed by atoms with Gasteiger partial charge in [0.1, 0.15) is 42.3 Å². The summed E-state index contributed by atoms with van der Waals surface area (Å²) in [6.45, 7) is 7.71. The molecule has 0 aromatic carbocycles. The number of unbranched alkanes of at least 4 members (excludes halogenated alkanes) is 12. The van der Waals surface area contributed by atoms with Crippen LogP contribution in [0.25, 0.3) is 0 Å². The first-order valence-corrected chi connectivity index (χ1v) is 30.9. The lowest BCUT2D eigenvalue weighted by Crippen LogP contribution is -2.62. The summed E-state index contributed by atoms with van der Waals surface area (Å²) in [5.74, 6) is -8.15. The summed E-state index contributed by atoms with van der Waals surface area (Å²) in [5, 5.41) is 41.8. The summed E-state index contributed by atoms with van der Waals surface area (Å²) in [6.07, 6.45) is 16.2. The van der Waals surface area contributed by atoms with Crippen LogP contribution in [-0.4, -0.2) is 172 Å². The minimum absolute atomic E-state index is 0.0168. The number of imidazole rings is 1. The minimum atomic E-state index is -1.80. The SMILES string of the molecule is CCCCCCCCCCCCCCCC(=O)N[C@@H](CCCN=C(N)N)C(=O)N[C@@H](CCCN=C(N)N)C(=O)N[C@@H](CC(C)C)C(=O)N[C@@H](Cc1cnc[nH]1)C(=O)N[C@@H](CO)C(=O)N[C@H](C(=O)N[C@@H](CCCN=C(N)N)C(=O)N[C@H](C)CC(N)=O)[C@@H](C)O. The zero-order valence-corrected chi connectivity index (χ0v) is 52.4. The van der Waals surface area contributed by atoms with Gasteiger partial charge in [0.05, 0.1) is 19.0 Å². The second kappa shape index (κ2) is 45.5. The number of hydrogen-bond donors (Lipinski definition) is 18. The molecule has 1 aromatic heterocycles. The number of aliphatic hydroxyl groups is 2. The van der Waals surface area contributed by atoms with Crippen LogP contribution in [0.4, 0.5) is 0 Å². The van der Waals surface area contributed by atoms with Crippen molar-refractivity contribution >= 4 is 71.0 Å². The number of aliphatic imine (C=N–C) groups is 3. The number of primary amides is 1. The number of guanidine groups is 3. The van der Waals surface area contributed by atoms with Crippen molar-refractivity contribution in [3.05, 3.63) is 18.2 Å². The molecule has 0 unspecified atom stereocenters. The molecule has 0 aliphatic heterocycles. The molecule has 0 bridgehead atoms. The molecule has 0 spiro atoms. The van der Waals surface area contributed by atoms with Crippen molar-refractivity contribution in [2.24, 2.45) is 61.0 Å². The van der Waals surface area contributed by atoms with Crippen LogP contribution in [0.1, 0.15) is 182 Å². The molecule has 1 aromatic rings. The molecular weight excluding hydrogens is 1140 g/mol. The lowest BCUT2D eigenvalue weighted by molar-refractivity contribution is -0.137. The second-order valence-electron chi connectivity index (χ2n) is 22.7. The number of amides is 9. The Bertz CT molecular complexity index is 2340. The van der Waals surface area contributed by atoms with E-state index in [2.05, 4.69) is 74.4 Å². The standard InChI is InChI=1S/C57H106N20O11/c1-6-7-8-9-10-11-12-13-14-15-16-17-18-25-46(81)71-39(22-19-26-66-55(59)60)49(83)72-41(24-21-28-68-57(63)64)50(84)74-42(29-35(2)3)51(85)75-43(31-38-32-65-34-69-38)52(86)76-44(33-78)53(87)77-47(37(5)79)54(88)73-40(23-20-27-67-56(61)62)48(82)70-36(4)30-45(58)80/h32,34-37,39-44,47,78-79H,6-31,33H2,1-5H3,(H2,58,80)(H,65,69)(H,70,82)(H,71,81)(H,72,83)(H,73,88)(H,74,84)(H,75,85)(H,76,86)(H,77,87)(H4,59,60,66)(H4,61,62,67)(H4,63,64,68)/t36-,37-,39+,40+,41+,42+,43+,44+,47+/m1/s1. The number of carbonyl (C=O) groups is 9. The van der Waals surface area contributed by atoms with E-state index in [1.54, 1.807) is 13.8 Å². The Labute approximate surface area is 517 Å². The van der Waals surface area contributed by atoms with Crippen LogP contribution in [0.2, 0.25) is 0 Å². The molecule has 1 heterocycles. The highest BCUT2D eigenvalue weighted by Gasteiger charge is 2.36. The van der Waals surface area contributed by atoms with Crippen LogP contribution >= 0.6 is 0 Å². The molecule has 9 atom stereocenters. The van der Waals surface area contributed by atoms with Crippen molar-refractivity contribution in [3.8, 4) is 0 Å². The third kappa shape index (κ3) is 36.3. The van der Waals surface area contributed by atoms with Gasteiger partial charge in [-0.15, -0.1) is 0 Å². The molecule has 31 heteroatoms. The number of aliphatic hydroxyl groups excluding tert-OH is 2. The molecule has 31 nitrogen and oxygen atoms in total. The Balaban J connectivity index is 3.39. The van der Waals surface area contributed by atoms with E-state index in [0.717, 1.165) is 25.7 Å². The van der Waals surface area contributed by atoms with Crippen LogP contribution in [0, 0.1) is 5.92 Å². The highest BCUT2D eigenvalue weighted by molar-refractivity contribution is 5.98. The van der Waals surface area contributed by atoms with Gasteiger partial charge in [-0.05, 0) is 71.1 Å². The van der Waals surface area contributed by atoms with Gasteiger partial charge in [-0.25, -0.2) is 4.98 Å². The maximum Gasteiger partial charge on any atom is 0.245 e. The number of carbonyl (C=O) groups excluding carboxylic acids is 9. The van der Waals surface area contributed by atoms with Crippen LogP contribution < -0.4 is 82.7 Å². The van der Waals surface area contributed by atoms with E-state index in [4.69, 9.17) is 40.1 Å². The summed E-state index contributed by atoms with van der Waals surface area (Å²) in [4.78, 5) is 142. The molecule has 9 amide bonds. The number of nitrogens with zero attached hydrogens (tertiary/aromatic N) is 4. The van der Waals surface area contributed by atoms with E-state index in [1.165, 1.54) is 77.7 Å². The van der Waals surface area contributed by atoms with Gasteiger partial charge in [-0.1, -0.05) is 97.8 Å². The van der Waals surface area contributed by atoms with E-state index in [9.17, 15) is 53.4 Å². The van der Waals surface area contributed by atoms with E-state index < -0.39 is 108 Å². The van der Waals surface area contributed by atoms with Crippen molar-refractivity contribution in [2.75, 3.05) is 26.2 Å². The second-order valence-corrected chi connectivity index (χ2v) is 22.7. The number of H-pyrrole nitrogens is 1. The quantitative estimate of drug-likeness (QED) is 0.0187. The third-order valence-corrected chi connectivity index (χ3v) is 14.0. The summed E-state index contributed by atoms with van der Waals surface area (Å²) in [5.41, 5.74) is 38.7. The van der Waals surface area contributed by atoms with Crippen molar-refractivity contribution in [2.45, 2.75) is 237 Å². The van der Waals surface area contributed by atoms with E-state index >= 15 is 0 Å². The molecule has 0 saturated heterocycles. The molecule has 0 radical (unpaired) electrons. The molecule has 0 fully saturated rings. The number of nitrogens with two attached hydrogens (primary N) is 7. The number of aromatic nitrogens is 2. The van der Waals surface area contributed by atoms with Gasteiger partial charge in [0.2, 0.25) is 53.2 Å².